The van der Waals surface area contributed by atoms with E-state index in [1.165, 1.54) is 23.2 Å². The number of thiazole rings is 1. The van der Waals surface area contributed by atoms with Crippen LogP contribution in [0.25, 0.3) is 5.69 Å². The molecule has 0 spiro atoms. The van der Waals surface area contributed by atoms with Gasteiger partial charge in [0.2, 0.25) is 5.01 Å². The highest BCUT2D eigenvalue weighted by molar-refractivity contribution is 7.11. The smallest absolute Gasteiger partial charge is 0.367 e. The molecular weight excluding hydrogens is 350 g/mol. The molecule has 0 aliphatic heterocycles. The number of rotatable bonds is 7. The number of nitrogens with zero attached hydrogens (tertiary/aromatic N) is 5. The summed E-state index contributed by atoms with van der Waals surface area (Å²) in [4.78, 5) is 22.3. The molecule has 2 aromatic heterocycles. The summed E-state index contributed by atoms with van der Waals surface area (Å²) in [6, 6.07) is 8.42. The maximum absolute atomic E-state index is 11.7. The van der Waals surface area contributed by atoms with E-state index in [9.17, 15) is 4.79 Å². The summed E-state index contributed by atoms with van der Waals surface area (Å²) >= 11 is 1.32. The van der Waals surface area contributed by atoms with Gasteiger partial charge in [-0.2, -0.15) is 5.10 Å². The van der Waals surface area contributed by atoms with Gasteiger partial charge in [0.25, 0.3) is 0 Å². The van der Waals surface area contributed by atoms with Crippen molar-refractivity contribution < 1.29 is 9.53 Å². The fourth-order valence-corrected chi connectivity index (χ4v) is 3.26. The largest absolute Gasteiger partial charge is 0.461 e. The monoisotopic (exact) mass is 371 g/mol. The van der Waals surface area contributed by atoms with Gasteiger partial charge in [-0.3, -0.25) is 4.90 Å². The SMILES string of the molecule is CCOC(=O)c1nc(CN(C)[C@@H](C)c2ccc(-n3cncn3)cc2)cs1. The maximum Gasteiger partial charge on any atom is 0.367 e. The number of carbonyl (C=O) groups excluding carboxylic acids is 1. The van der Waals surface area contributed by atoms with Crippen molar-refractivity contribution in [2.75, 3.05) is 13.7 Å². The van der Waals surface area contributed by atoms with Crippen molar-refractivity contribution in [1.82, 2.24) is 24.6 Å². The van der Waals surface area contributed by atoms with Gasteiger partial charge in [0.15, 0.2) is 0 Å². The summed E-state index contributed by atoms with van der Waals surface area (Å²) < 4.78 is 6.72. The normalized spacial score (nSPS) is 12.3. The summed E-state index contributed by atoms with van der Waals surface area (Å²) in [5, 5.41) is 6.44. The lowest BCUT2D eigenvalue weighted by Gasteiger charge is -2.24. The standard InChI is InChI=1S/C18H21N5O2S/c1-4-25-18(24)17-21-15(10-26-17)9-22(3)13(2)14-5-7-16(8-6-14)23-12-19-11-20-23/h5-8,10-13H,4,9H2,1-3H3/t13-/m0/s1. The third-order valence-corrected chi connectivity index (χ3v) is 5.00. The van der Waals surface area contributed by atoms with Crippen LogP contribution in [0.5, 0.6) is 0 Å². The molecule has 0 radical (unpaired) electrons. The van der Waals surface area contributed by atoms with Gasteiger partial charge in [-0.15, -0.1) is 11.3 Å². The molecule has 0 saturated carbocycles. The van der Waals surface area contributed by atoms with E-state index in [1.807, 2.05) is 24.6 Å². The first-order valence-corrected chi connectivity index (χ1v) is 9.23. The molecule has 1 atom stereocenters. The molecule has 0 saturated heterocycles. The minimum Gasteiger partial charge on any atom is -0.461 e. The van der Waals surface area contributed by atoms with Crippen LogP contribution < -0.4 is 0 Å². The van der Waals surface area contributed by atoms with E-state index < -0.39 is 0 Å². The lowest BCUT2D eigenvalue weighted by atomic mass is 10.1. The zero-order chi connectivity index (χ0) is 18.5. The molecular formula is C18H21N5O2S. The van der Waals surface area contributed by atoms with E-state index in [0.29, 0.717) is 18.2 Å². The molecule has 26 heavy (non-hydrogen) atoms. The molecule has 0 bridgehead atoms. The van der Waals surface area contributed by atoms with Gasteiger partial charge in [0.05, 0.1) is 18.0 Å². The lowest BCUT2D eigenvalue weighted by molar-refractivity contribution is 0.0525. The predicted octanol–water partition coefficient (Wildman–Crippen LogP) is 3.09. The average Bonchev–Trinajstić information content (AvgIpc) is 3.33. The molecule has 0 amide bonds. The van der Waals surface area contributed by atoms with E-state index in [4.69, 9.17) is 4.74 Å². The lowest BCUT2D eigenvalue weighted by Crippen LogP contribution is -2.22. The van der Waals surface area contributed by atoms with Crippen LogP contribution in [0.2, 0.25) is 0 Å². The van der Waals surface area contributed by atoms with E-state index in [2.05, 4.69) is 39.0 Å². The third-order valence-electron chi connectivity index (χ3n) is 4.13. The van der Waals surface area contributed by atoms with Crippen LogP contribution >= 0.6 is 11.3 Å². The summed E-state index contributed by atoms with van der Waals surface area (Å²) in [5.74, 6) is -0.358. The van der Waals surface area contributed by atoms with Gasteiger partial charge in [-0.25, -0.2) is 19.4 Å². The first kappa shape index (κ1) is 18.2. The van der Waals surface area contributed by atoms with Crippen molar-refractivity contribution in [3.63, 3.8) is 0 Å². The van der Waals surface area contributed by atoms with Crippen molar-refractivity contribution in [3.05, 3.63) is 58.6 Å². The number of hydrogen-bond acceptors (Lipinski definition) is 7. The van der Waals surface area contributed by atoms with Crippen molar-refractivity contribution in [2.45, 2.75) is 26.4 Å². The van der Waals surface area contributed by atoms with Crippen LogP contribution in [-0.4, -0.2) is 44.3 Å². The third kappa shape index (κ3) is 4.14. The minimum absolute atomic E-state index is 0.201. The van der Waals surface area contributed by atoms with Crippen molar-refractivity contribution >= 4 is 17.3 Å². The Labute approximate surface area is 156 Å². The number of ether oxygens (including phenoxy) is 1. The Kier molecular flexibility index (Phi) is 5.75. The summed E-state index contributed by atoms with van der Waals surface area (Å²) in [6.07, 6.45) is 3.19. The molecule has 1 aromatic carbocycles. The van der Waals surface area contributed by atoms with Crippen LogP contribution in [0.1, 0.15) is 40.9 Å². The van der Waals surface area contributed by atoms with Gasteiger partial charge in [0, 0.05) is 18.0 Å². The van der Waals surface area contributed by atoms with E-state index >= 15 is 0 Å². The van der Waals surface area contributed by atoms with Crippen LogP contribution in [0.4, 0.5) is 0 Å². The Morgan fingerprint density at radius 3 is 2.77 bits per heavy atom. The molecule has 3 rings (SSSR count). The number of esters is 1. The molecule has 0 unspecified atom stereocenters. The number of aromatic nitrogens is 4. The van der Waals surface area contributed by atoms with Crippen molar-refractivity contribution in [1.29, 1.82) is 0 Å². The van der Waals surface area contributed by atoms with Gasteiger partial charge in [-0.05, 0) is 38.6 Å². The molecule has 0 aliphatic carbocycles. The molecule has 8 heteroatoms. The van der Waals surface area contributed by atoms with E-state index in [1.54, 1.807) is 17.9 Å². The average molecular weight is 371 g/mol. The molecule has 0 aliphatic rings. The Hall–Kier alpha value is -2.58. The number of hydrogen-bond donors (Lipinski definition) is 0. The minimum atomic E-state index is -0.358. The topological polar surface area (TPSA) is 73.1 Å². The summed E-state index contributed by atoms with van der Waals surface area (Å²) in [5.41, 5.74) is 3.03. The first-order valence-electron chi connectivity index (χ1n) is 8.35. The molecule has 2 heterocycles. The van der Waals surface area contributed by atoms with Crippen molar-refractivity contribution in [2.24, 2.45) is 0 Å². The first-order chi connectivity index (χ1) is 12.6. The molecule has 0 N–H and O–H groups in total. The second-order valence-electron chi connectivity index (χ2n) is 5.89. The highest BCUT2D eigenvalue weighted by Crippen LogP contribution is 2.22. The molecule has 7 nitrogen and oxygen atoms in total. The van der Waals surface area contributed by atoms with Crippen LogP contribution in [0.15, 0.2) is 42.3 Å². The van der Waals surface area contributed by atoms with Crippen LogP contribution in [-0.2, 0) is 11.3 Å². The Morgan fingerprint density at radius 1 is 1.35 bits per heavy atom. The number of carbonyl (C=O) groups is 1. The van der Waals surface area contributed by atoms with E-state index in [-0.39, 0.29) is 12.0 Å². The zero-order valence-electron chi connectivity index (χ0n) is 15.0. The fourth-order valence-electron chi connectivity index (χ4n) is 2.56. The van der Waals surface area contributed by atoms with Gasteiger partial charge >= 0.3 is 5.97 Å². The summed E-state index contributed by atoms with van der Waals surface area (Å²) in [6.45, 7) is 4.94. The summed E-state index contributed by atoms with van der Waals surface area (Å²) in [7, 11) is 2.04. The van der Waals surface area contributed by atoms with Crippen LogP contribution in [0, 0.1) is 0 Å². The number of benzene rings is 1. The highest BCUT2D eigenvalue weighted by atomic mass is 32.1. The predicted molar refractivity (Wildman–Crippen MR) is 99.3 cm³/mol. The van der Waals surface area contributed by atoms with Gasteiger partial charge in [-0.1, -0.05) is 12.1 Å². The molecule has 0 fully saturated rings. The van der Waals surface area contributed by atoms with Gasteiger partial charge < -0.3 is 4.74 Å². The Balaban J connectivity index is 1.64. The van der Waals surface area contributed by atoms with Gasteiger partial charge in [0.1, 0.15) is 12.7 Å². The Bertz CT molecular complexity index is 845. The quantitative estimate of drug-likeness (QED) is 0.594. The Morgan fingerprint density at radius 2 is 2.12 bits per heavy atom. The zero-order valence-corrected chi connectivity index (χ0v) is 15.8. The second-order valence-corrected chi connectivity index (χ2v) is 6.75. The van der Waals surface area contributed by atoms with Crippen molar-refractivity contribution in [3.8, 4) is 5.69 Å². The molecule has 3 aromatic rings. The highest BCUT2D eigenvalue weighted by Gasteiger charge is 2.16. The maximum atomic E-state index is 11.7. The fraction of sp³-hybridized carbons (Fsp3) is 0.333. The van der Waals surface area contributed by atoms with E-state index in [0.717, 1.165) is 11.4 Å². The second kappa shape index (κ2) is 8.20. The van der Waals surface area contributed by atoms with Crippen LogP contribution in [0.3, 0.4) is 0 Å². The molecule has 136 valence electrons.